The maximum atomic E-state index is 16.3. The number of hydrogen-bond donors (Lipinski definition) is 4. The SMILES string of the molecule is CC1([C@H]2[C@H](C(=O)Nc3ccc(C(=O)O)cc3)NC3(CCCCC3)[C@@]23C(=O)Nc2cc(Cl)ccc23)CC=CC(Cl)=C1F. The molecule has 1 saturated heterocycles. The fourth-order valence-corrected chi connectivity index (χ4v) is 8.39. The monoisotopic (exact) mass is 597 g/mol. The Balaban J connectivity index is 1.55. The maximum absolute atomic E-state index is 16.3. The highest BCUT2D eigenvalue weighted by Crippen LogP contribution is 2.66. The Hall–Kier alpha value is -3.20. The summed E-state index contributed by atoms with van der Waals surface area (Å²) < 4.78 is 16.3. The van der Waals surface area contributed by atoms with Crippen LogP contribution < -0.4 is 16.0 Å². The van der Waals surface area contributed by atoms with Gasteiger partial charge in [-0.05, 0) is 67.3 Å². The first-order chi connectivity index (χ1) is 19.5. The van der Waals surface area contributed by atoms with Crippen LogP contribution in [0.5, 0.6) is 0 Å². The van der Waals surface area contributed by atoms with Crippen LogP contribution in [0.25, 0.3) is 0 Å². The average Bonchev–Trinajstić information content (AvgIpc) is 3.40. The van der Waals surface area contributed by atoms with Gasteiger partial charge >= 0.3 is 5.97 Å². The quantitative estimate of drug-likeness (QED) is 0.320. The third-order valence-corrected chi connectivity index (χ3v) is 10.1. The molecule has 4 atom stereocenters. The van der Waals surface area contributed by atoms with Crippen LogP contribution in [0.2, 0.25) is 5.02 Å². The fourth-order valence-electron chi connectivity index (χ4n) is 7.91. The summed E-state index contributed by atoms with van der Waals surface area (Å²) >= 11 is 12.7. The van der Waals surface area contributed by atoms with E-state index in [-0.39, 0.29) is 22.9 Å². The number of nitrogens with one attached hydrogen (secondary N) is 3. The van der Waals surface area contributed by atoms with Crippen molar-refractivity contribution in [1.82, 2.24) is 5.32 Å². The molecule has 2 aromatic rings. The van der Waals surface area contributed by atoms with Crippen molar-refractivity contribution in [2.75, 3.05) is 10.6 Å². The number of carboxylic acids is 1. The third kappa shape index (κ3) is 4.06. The van der Waals surface area contributed by atoms with Gasteiger partial charge in [0.05, 0.1) is 16.6 Å². The van der Waals surface area contributed by atoms with Gasteiger partial charge in [0.1, 0.15) is 11.2 Å². The highest BCUT2D eigenvalue weighted by molar-refractivity contribution is 6.32. The summed E-state index contributed by atoms with van der Waals surface area (Å²) in [5.74, 6) is -3.22. The molecule has 1 saturated carbocycles. The summed E-state index contributed by atoms with van der Waals surface area (Å²) in [6.07, 6.45) is 7.49. The number of anilines is 2. The van der Waals surface area contributed by atoms with Gasteiger partial charge in [0, 0.05) is 33.3 Å². The second-order valence-corrected chi connectivity index (χ2v) is 12.6. The first-order valence-electron chi connectivity index (χ1n) is 13.8. The second-order valence-electron chi connectivity index (χ2n) is 11.8. The molecule has 4 aliphatic rings. The molecule has 2 amide bonds. The van der Waals surface area contributed by atoms with E-state index in [1.807, 2.05) is 6.07 Å². The molecule has 2 heterocycles. The van der Waals surface area contributed by atoms with E-state index in [9.17, 15) is 19.5 Å². The molecule has 7 nitrogen and oxygen atoms in total. The van der Waals surface area contributed by atoms with E-state index in [0.717, 1.165) is 19.3 Å². The van der Waals surface area contributed by atoms with Crippen molar-refractivity contribution in [1.29, 1.82) is 0 Å². The lowest BCUT2D eigenvalue weighted by molar-refractivity contribution is -0.128. The maximum Gasteiger partial charge on any atom is 0.335 e. The van der Waals surface area contributed by atoms with Crippen LogP contribution in [0.3, 0.4) is 0 Å². The Bertz CT molecular complexity index is 1520. The number of rotatable bonds is 4. The molecular formula is C31H30Cl2FN3O4. The Morgan fingerprint density at radius 1 is 1.07 bits per heavy atom. The summed E-state index contributed by atoms with van der Waals surface area (Å²) in [7, 11) is 0. The van der Waals surface area contributed by atoms with E-state index >= 15 is 4.39 Å². The molecule has 10 heteroatoms. The van der Waals surface area contributed by atoms with Crippen LogP contribution in [-0.2, 0) is 15.0 Å². The summed E-state index contributed by atoms with van der Waals surface area (Å²) in [4.78, 5) is 40.0. The minimum atomic E-state index is -1.30. The van der Waals surface area contributed by atoms with Gasteiger partial charge in [-0.3, -0.25) is 14.9 Å². The third-order valence-electron chi connectivity index (χ3n) is 9.59. The minimum Gasteiger partial charge on any atom is -0.478 e. The molecule has 4 N–H and O–H groups in total. The molecule has 1 unspecified atom stereocenters. The molecule has 0 aromatic heterocycles. The lowest BCUT2D eigenvalue weighted by Gasteiger charge is -2.51. The van der Waals surface area contributed by atoms with Gasteiger partial charge in [0.2, 0.25) is 11.8 Å². The Morgan fingerprint density at radius 2 is 1.78 bits per heavy atom. The lowest BCUT2D eigenvalue weighted by Crippen LogP contribution is -2.62. The molecule has 214 valence electrons. The highest BCUT2D eigenvalue weighted by Gasteiger charge is 2.75. The number of fused-ring (bicyclic) bond motifs is 3. The predicted molar refractivity (Wildman–Crippen MR) is 156 cm³/mol. The van der Waals surface area contributed by atoms with Crippen molar-refractivity contribution in [3.05, 3.63) is 81.6 Å². The van der Waals surface area contributed by atoms with E-state index in [4.69, 9.17) is 23.2 Å². The average molecular weight is 599 g/mol. The fraction of sp³-hybridized carbons (Fsp3) is 0.387. The lowest BCUT2D eigenvalue weighted by atomic mass is 9.50. The van der Waals surface area contributed by atoms with E-state index in [2.05, 4.69) is 16.0 Å². The normalized spacial score (nSPS) is 30.0. The van der Waals surface area contributed by atoms with Crippen LogP contribution >= 0.6 is 23.2 Å². The van der Waals surface area contributed by atoms with Crippen LogP contribution in [0.1, 0.15) is 61.4 Å². The zero-order valence-corrected chi connectivity index (χ0v) is 23.9. The van der Waals surface area contributed by atoms with Crippen molar-refractivity contribution in [2.45, 2.75) is 62.4 Å². The van der Waals surface area contributed by atoms with Crippen molar-refractivity contribution < 1.29 is 23.9 Å². The predicted octanol–water partition coefficient (Wildman–Crippen LogP) is 6.54. The van der Waals surface area contributed by atoms with Crippen molar-refractivity contribution in [2.24, 2.45) is 11.3 Å². The number of carbonyl (C=O) groups excluding carboxylic acids is 2. The summed E-state index contributed by atoms with van der Waals surface area (Å²) in [5, 5.41) is 19.2. The first kappa shape index (κ1) is 27.9. The molecule has 2 fully saturated rings. The summed E-state index contributed by atoms with van der Waals surface area (Å²) in [6, 6.07) is 10.1. The largest absolute Gasteiger partial charge is 0.478 e. The minimum absolute atomic E-state index is 0.0448. The number of benzene rings is 2. The second kappa shape index (κ2) is 9.96. The van der Waals surface area contributed by atoms with E-state index in [1.54, 1.807) is 25.1 Å². The van der Waals surface area contributed by atoms with Crippen molar-refractivity contribution in [3.8, 4) is 0 Å². The molecule has 6 rings (SSSR count). The van der Waals surface area contributed by atoms with Crippen molar-refractivity contribution >= 4 is 52.4 Å². The zero-order valence-electron chi connectivity index (χ0n) is 22.4. The molecule has 2 aliphatic heterocycles. The molecule has 2 spiro atoms. The number of allylic oxidation sites excluding steroid dienone is 4. The van der Waals surface area contributed by atoms with Gasteiger partial charge in [-0.25, -0.2) is 9.18 Å². The van der Waals surface area contributed by atoms with Gasteiger partial charge in [-0.15, -0.1) is 0 Å². The Morgan fingerprint density at radius 3 is 2.46 bits per heavy atom. The smallest absolute Gasteiger partial charge is 0.335 e. The molecule has 41 heavy (non-hydrogen) atoms. The topological polar surface area (TPSA) is 108 Å². The molecular weight excluding hydrogens is 568 g/mol. The Labute approximate surface area is 247 Å². The first-order valence-corrected chi connectivity index (χ1v) is 14.5. The van der Waals surface area contributed by atoms with Crippen LogP contribution in [0.15, 0.2) is 65.5 Å². The molecule has 0 bridgehead atoms. The van der Waals surface area contributed by atoms with E-state index < -0.39 is 46.0 Å². The zero-order chi connectivity index (χ0) is 29.2. The molecule has 0 radical (unpaired) electrons. The molecule has 2 aromatic carbocycles. The number of carboxylic acid groups (broad SMARTS) is 1. The van der Waals surface area contributed by atoms with Crippen molar-refractivity contribution in [3.63, 3.8) is 0 Å². The number of hydrogen-bond acceptors (Lipinski definition) is 4. The van der Waals surface area contributed by atoms with Gasteiger partial charge in [0.15, 0.2) is 0 Å². The van der Waals surface area contributed by atoms with Gasteiger partial charge in [-0.2, -0.15) is 0 Å². The molecule has 2 aliphatic carbocycles. The van der Waals surface area contributed by atoms with E-state index in [1.165, 1.54) is 30.3 Å². The number of amides is 2. The summed E-state index contributed by atoms with van der Waals surface area (Å²) in [5.41, 5.74) is -1.68. The van der Waals surface area contributed by atoms with Gasteiger partial charge in [0.25, 0.3) is 0 Å². The van der Waals surface area contributed by atoms with Crippen LogP contribution in [-0.4, -0.2) is 34.5 Å². The van der Waals surface area contributed by atoms with Gasteiger partial charge in [-0.1, -0.05) is 61.5 Å². The number of aromatic carboxylic acids is 1. The van der Waals surface area contributed by atoms with Gasteiger partial charge < -0.3 is 15.7 Å². The number of carbonyl (C=O) groups is 3. The van der Waals surface area contributed by atoms with Crippen LogP contribution in [0, 0.1) is 11.3 Å². The highest BCUT2D eigenvalue weighted by atomic mass is 35.5. The van der Waals surface area contributed by atoms with Crippen LogP contribution in [0.4, 0.5) is 15.8 Å². The standard InChI is InChI=1S/C31H30Cl2FN3O4/c1-29(13-5-6-21(33)25(29)34)24-23(26(38)35-19-10-7-17(8-11-19)27(39)40)37-30(14-3-2-4-15-30)31(24)20-12-9-18(32)16-22(20)36-28(31)41/h5-12,16,23-24,37H,2-4,13-15H2,1H3,(H,35,38)(H,36,41)(H,39,40)/t23-,24-,29?,31-/m1/s1. The van der Waals surface area contributed by atoms with E-state index in [0.29, 0.717) is 34.8 Å². The summed E-state index contributed by atoms with van der Waals surface area (Å²) in [6.45, 7) is 1.74. The Kier molecular flexibility index (Phi) is 6.79. The number of halogens is 3.